The number of anilines is 1. The second-order valence-electron chi connectivity index (χ2n) is 5.73. The second-order valence-corrected chi connectivity index (χ2v) is 5.73. The Morgan fingerprint density at radius 1 is 0.963 bits per heavy atom. The molecular formula is C20H17N5O2. The van der Waals surface area contributed by atoms with E-state index in [0.29, 0.717) is 24.1 Å². The minimum Gasteiger partial charge on any atom is -0.497 e. The molecule has 1 N–H and O–H groups in total. The number of nitrogens with zero attached hydrogens (tertiary/aromatic N) is 4. The van der Waals surface area contributed by atoms with Gasteiger partial charge in [-0.2, -0.15) is 4.98 Å². The van der Waals surface area contributed by atoms with E-state index < -0.39 is 0 Å². The maximum Gasteiger partial charge on any atom is 0.261 e. The van der Waals surface area contributed by atoms with Crippen LogP contribution in [0.15, 0.2) is 71.5 Å². The Balaban J connectivity index is 1.57. The molecule has 0 unspecified atom stereocenters. The SMILES string of the molecule is COc1ccc(-c2noc(-c3cccnc3NCc3ccccn3)n2)cc1. The molecule has 7 nitrogen and oxygen atoms in total. The van der Waals surface area contributed by atoms with Gasteiger partial charge in [-0.05, 0) is 48.5 Å². The summed E-state index contributed by atoms with van der Waals surface area (Å²) in [6.45, 7) is 0.546. The number of benzene rings is 1. The summed E-state index contributed by atoms with van der Waals surface area (Å²) in [6, 6.07) is 17.0. The fraction of sp³-hybridized carbons (Fsp3) is 0.100. The summed E-state index contributed by atoms with van der Waals surface area (Å²) in [4.78, 5) is 13.2. The Hall–Kier alpha value is -3.74. The van der Waals surface area contributed by atoms with Crippen molar-refractivity contribution in [2.45, 2.75) is 6.54 Å². The topological polar surface area (TPSA) is 86.0 Å². The predicted octanol–water partition coefficient (Wildman–Crippen LogP) is 3.81. The zero-order valence-electron chi connectivity index (χ0n) is 14.7. The summed E-state index contributed by atoms with van der Waals surface area (Å²) in [5.41, 5.74) is 2.50. The van der Waals surface area contributed by atoms with Gasteiger partial charge in [0.2, 0.25) is 5.82 Å². The average Bonchev–Trinajstić information content (AvgIpc) is 3.23. The maximum absolute atomic E-state index is 5.47. The van der Waals surface area contributed by atoms with Crippen molar-refractivity contribution >= 4 is 5.82 Å². The molecule has 0 saturated carbocycles. The van der Waals surface area contributed by atoms with Gasteiger partial charge in [-0.1, -0.05) is 11.2 Å². The molecule has 4 aromatic rings. The van der Waals surface area contributed by atoms with Crippen molar-refractivity contribution in [2.24, 2.45) is 0 Å². The number of aromatic nitrogens is 4. The molecule has 0 aliphatic heterocycles. The average molecular weight is 359 g/mol. The lowest BCUT2D eigenvalue weighted by atomic mass is 10.2. The number of rotatable bonds is 6. The van der Waals surface area contributed by atoms with Crippen LogP contribution < -0.4 is 10.1 Å². The molecule has 0 radical (unpaired) electrons. The largest absolute Gasteiger partial charge is 0.497 e. The third-order valence-electron chi connectivity index (χ3n) is 3.98. The van der Waals surface area contributed by atoms with E-state index in [1.807, 2.05) is 54.6 Å². The van der Waals surface area contributed by atoms with Crippen molar-refractivity contribution in [3.63, 3.8) is 0 Å². The van der Waals surface area contributed by atoms with E-state index in [1.54, 1.807) is 19.5 Å². The number of methoxy groups -OCH3 is 1. The van der Waals surface area contributed by atoms with Gasteiger partial charge in [0.05, 0.1) is 24.9 Å². The second kappa shape index (κ2) is 7.65. The molecule has 0 fully saturated rings. The lowest BCUT2D eigenvalue weighted by Crippen LogP contribution is -2.04. The van der Waals surface area contributed by atoms with E-state index in [4.69, 9.17) is 9.26 Å². The van der Waals surface area contributed by atoms with Gasteiger partial charge in [0.1, 0.15) is 11.6 Å². The van der Waals surface area contributed by atoms with Crippen LogP contribution in [0.1, 0.15) is 5.69 Å². The zero-order valence-corrected chi connectivity index (χ0v) is 14.7. The molecule has 7 heteroatoms. The van der Waals surface area contributed by atoms with Crippen LogP contribution in [0.2, 0.25) is 0 Å². The smallest absolute Gasteiger partial charge is 0.261 e. The molecule has 0 amide bonds. The Kier molecular flexibility index (Phi) is 4.74. The van der Waals surface area contributed by atoms with Crippen molar-refractivity contribution in [1.82, 2.24) is 20.1 Å². The van der Waals surface area contributed by atoms with Gasteiger partial charge in [-0.3, -0.25) is 4.98 Å². The van der Waals surface area contributed by atoms with E-state index in [2.05, 4.69) is 25.4 Å². The van der Waals surface area contributed by atoms with Crippen LogP contribution in [0.25, 0.3) is 22.8 Å². The molecule has 4 rings (SSSR count). The van der Waals surface area contributed by atoms with Crippen LogP contribution >= 0.6 is 0 Å². The van der Waals surface area contributed by atoms with E-state index in [9.17, 15) is 0 Å². The van der Waals surface area contributed by atoms with Gasteiger partial charge < -0.3 is 14.6 Å². The van der Waals surface area contributed by atoms with Crippen LogP contribution in [-0.2, 0) is 6.54 Å². The van der Waals surface area contributed by atoms with E-state index in [1.165, 1.54) is 0 Å². The first-order valence-electron chi connectivity index (χ1n) is 8.41. The molecule has 3 aromatic heterocycles. The molecule has 0 saturated heterocycles. The Morgan fingerprint density at radius 3 is 2.59 bits per heavy atom. The highest BCUT2D eigenvalue weighted by Gasteiger charge is 2.15. The van der Waals surface area contributed by atoms with E-state index >= 15 is 0 Å². The minimum atomic E-state index is 0.400. The fourth-order valence-electron chi connectivity index (χ4n) is 2.59. The van der Waals surface area contributed by atoms with Crippen LogP contribution in [0.4, 0.5) is 5.82 Å². The molecule has 3 heterocycles. The number of hydrogen-bond acceptors (Lipinski definition) is 7. The molecule has 1 aromatic carbocycles. The van der Waals surface area contributed by atoms with Crippen LogP contribution in [0.5, 0.6) is 5.75 Å². The summed E-state index contributed by atoms with van der Waals surface area (Å²) in [7, 11) is 1.63. The Morgan fingerprint density at radius 2 is 1.81 bits per heavy atom. The van der Waals surface area contributed by atoms with E-state index in [-0.39, 0.29) is 0 Å². The molecule has 27 heavy (non-hydrogen) atoms. The highest BCUT2D eigenvalue weighted by atomic mass is 16.5. The van der Waals surface area contributed by atoms with Crippen molar-refractivity contribution < 1.29 is 9.26 Å². The third-order valence-corrected chi connectivity index (χ3v) is 3.98. The quantitative estimate of drug-likeness (QED) is 0.560. The van der Waals surface area contributed by atoms with Gasteiger partial charge >= 0.3 is 0 Å². The minimum absolute atomic E-state index is 0.400. The Labute approximate surface area is 156 Å². The number of hydrogen-bond donors (Lipinski definition) is 1. The first-order valence-corrected chi connectivity index (χ1v) is 8.41. The number of ether oxygens (including phenoxy) is 1. The maximum atomic E-state index is 5.47. The first-order chi connectivity index (χ1) is 13.3. The summed E-state index contributed by atoms with van der Waals surface area (Å²) < 4.78 is 10.6. The molecule has 0 atom stereocenters. The van der Waals surface area contributed by atoms with Crippen LogP contribution in [-0.4, -0.2) is 27.2 Å². The molecular weight excluding hydrogens is 342 g/mol. The predicted molar refractivity (Wildman–Crippen MR) is 101 cm³/mol. The monoisotopic (exact) mass is 359 g/mol. The molecule has 0 spiro atoms. The third kappa shape index (κ3) is 3.77. The summed E-state index contributed by atoms with van der Waals surface area (Å²) in [5, 5.41) is 7.36. The number of nitrogens with one attached hydrogen (secondary N) is 1. The summed E-state index contributed by atoms with van der Waals surface area (Å²) in [6.07, 6.45) is 3.47. The van der Waals surface area contributed by atoms with Crippen molar-refractivity contribution in [3.05, 3.63) is 72.7 Å². The van der Waals surface area contributed by atoms with Gasteiger partial charge in [0, 0.05) is 18.0 Å². The molecule has 0 bridgehead atoms. The molecule has 0 aliphatic carbocycles. The fourth-order valence-corrected chi connectivity index (χ4v) is 2.59. The van der Waals surface area contributed by atoms with Crippen LogP contribution in [0, 0.1) is 0 Å². The van der Waals surface area contributed by atoms with Gasteiger partial charge in [0.15, 0.2) is 0 Å². The van der Waals surface area contributed by atoms with Crippen molar-refractivity contribution in [2.75, 3.05) is 12.4 Å². The molecule has 0 aliphatic rings. The van der Waals surface area contributed by atoms with E-state index in [0.717, 1.165) is 22.6 Å². The van der Waals surface area contributed by atoms with Gasteiger partial charge in [-0.25, -0.2) is 4.98 Å². The molecule has 134 valence electrons. The van der Waals surface area contributed by atoms with Crippen molar-refractivity contribution in [1.29, 1.82) is 0 Å². The summed E-state index contributed by atoms with van der Waals surface area (Å²) in [5.74, 6) is 2.34. The van der Waals surface area contributed by atoms with Crippen molar-refractivity contribution in [3.8, 4) is 28.6 Å². The van der Waals surface area contributed by atoms with Crippen LogP contribution in [0.3, 0.4) is 0 Å². The summed E-state index contributed by atoms with van der Waals surface area (Å²) >= 11 is 0. The zero-order chi connectivity index (χ0) is 18.5. The highest BCUT2D eigenvalue weighted by Crippen LogP contribution is 2.27. The highest BCUT2D eigenvalue weighted by molar-refractivity contribution is 5.70. The van der Waals surface area contributed by atoms with Gasteiger partial charge in [-0.15, -0.1) is 0 Å². The standard InChI is InChI=1S/C20H17N5O2/c1-26-16-9-7-14(8-10-16)18-24-20(27-25-18)17-6-4-12-22-19(17)23-13-15-5-2-3-11-21-15/h2-12H,13H2,1H3,(H,22,23). The Bertz CT molecular complexity index is 1020. The lowest BCUT2D eigenvalue weighted by molar-refractivity contribution is 0.415. The van der Waals surface area contributed by atoms with Gasteiger partial charge in [0.25, 0.3) is 5.89 Å². The number of pyridine rings is 2. The lowest BCUT2D eigenvalue weighted by Gasteiger charge is -2.07. The first kappa shape index (κ1) is 16.7. The normalized spacial score (nSPS) is 10.6.